The average Bonchev–Trinajstić information content (AvgIpc) is 3.07. The fraction of sp³-hybridized carbons (Fsp3) is 0.412. The second-order valence-corrected chi connectivity index (χ2v) is 7.62. The van der Waals surface area contributed by atoms with Gasteiger partial charge in [-0.3, -0.25) is 4.57 Å². The number of fused-ring (bicyclic) bond motifs is 3. The van der Waals surface area contributed by atoms with Crippen LogP contribution in [0.4, 0.5) is 0 Å². The second kappa shape index (κ2) is 3.67. The molecule has 21 heavy (non-hydrogen) atoms. The molecule has 5 rings (SSSR count). The van der Waals surface area contributed by atoms with Gasteiger partial charge in [0.1, 0.15) is 0 Å². The van der Waals surface area contributed by atoms with Crippen molar-refractivity contribution in [2.24, 2.45) is 5.41 Å². The lowest BCUT2D eigenvalue weighted by molar-refractivity contribution is 0.376. The maximum absolute atomic E-state index is 10.7. The van der Waals surface area contributed by atoms with Gasteiger partial charge in [-0.1, -0.05) is 15.9 Å². The first kappa shape index (κ1) is 12.2. The Bertz CT molecular complexity index is 721. The van der Waals surface area contributed by atoms with E-state index < -0.39 is 0 Å². The number of benzene rings is 1. The third-order valence-electron chi connectivity index (χ3n) is 5.94. The molecule has 1 spiro atoms. The highest BCUT2D eigenvalue weighted by Crippen LogP contribution is 2.78. The zero-order chi connectivity index (χ0) is 14.4. The summed E-state index contributed by atoms with van der Waals surface area (Å²) in [5.41, 5.74) is 3.26. The van der Waals surface area contributed by atoms with Crippen molar-refractivity contribution < 1.29 is 10.2 Å². The van der Waals surface area contributed by atoms with Crippen LogP contribution in [0, 0.1) is 5.41 Å². The molecule has 4 heteroatoms. The number of halogens is 1. The standard InChI is InChI=1S/C17H16BrNO2/c18-9-1-3-10(4-2-9)19-15(20)13-11-5-6-12(14(13)16(19)21)17(11)7-8-17/h1-4,11-12,20-21H,5-8H2/t11-,12+. The van der Waals surface area contributed by atoms with Crippen LogP contribution in [0.2, 0.25) is 0 Å². The number of rotatable bonds is 1. The normalized spacial score (nSPS) is 27.3. The van der Waals surface area contributed by atoms with Crippen LogP contribution < -0.4 is 0 Å². The molecule has 2 atom stereocenters. The van der Waals surface area contributed by atoms with E-state index in [1.165, 1.54) is 12.8 Å². The van der Waals surface area contributed by atoms with Gasteiger partial charge in [0.25, 0.3) is 0 Å². The number of hydrogen-bond acceptors (Lipinski definition) is 2. The molecule has 2 fully saturated rings. The lowest BCUT2D eigenvalue weighted by atomic mass is 9.91. The van der Waals surface area contributed by atoms with Crippen LogP contribution >= 0.6 is 15.9 Å². The predicted octanol–water partition coefficient (Wildman–Crippen LogP) is 4.41. The third kappa shape index (κ3) is 1.30. The number of aromatic nitrogens is 1. The van der Waals surface area contributed by atoms with Gasteiger partial charge in [-0.25, -0.2) is 0 Å². The lowest BCUT2D eigenvalue weighted by Gasteiger charge is -2.16. The van der Waals surface area contributed by atoms with E-state index in [1.54, 1.807) is 4.57 Å². The van der Waals surface area contributed by atoms with E-state index in [0.717, 1.165) is 34.1 Å². The summed E-state index contributed by atoms with van der Waals surface area (Å²) in [5, 5.41) is 21.5. The van der Waals surface area contributed by atoms with E-state index in [0.29, 0.717) is 17.3 Å². The number of nitrogens with zero attached hydrogens (tertiary/aromatic N) is 1. The van der Waals surface area contributed by atoms with Gasteiger partial charge in [-0.15, -0.1) is 0 Å². The Labute approximate surface area is 131 Å². The van der Waals surface area contributed by atoms with Crippen molar-refractivity contribution in [1.29, 1.82) is 0 Å². The van der Waals surface area contributed by atoms with Crippen LogP contribution in [0.15, 0.2) is 28.7 Å². The molecule has 1 heterocycles. The highest BCUT2D eigenvalue weighted by molar-refractivity contribution is 9.10. The molecule has 0 saturated heterocycles. The molecule has 0 unspecified atom stereocenters. The lowest BCUT2D eigenvalue weighted by Crippen LogP contribution is -2.05. The number of aromatic hydroxyl groups is 2. The zero-order valence-electron chi connectivity index (χ0n) is 11.5. The molecule has 3 nitrogen and oxygen atoms in total. The van der Waals surface area contributed by atoms with Gasteiger partial charge in [0.2, 0.25) is 11.8 Å². The Balaban J connectivity index is 1.73. The van der Waals surface area contributed by atoms with E-state index >= 15 is 0 Å². The first-order chi connectivity index (χ1) is 10.1. The summed E-state index contributed by atoms with van der Waals surface area (Å²) >= 11 is 3.42. The third-order valence-corrected chi connectivity index (χ3v) is 6.47. The second-order valence-electron chi connectivity index (χ2n) is 6.70. The van der Waals surface area contributed by atoms with Gasteiger partial charge < -0.3 is 10.2 Å². The van der Waals surface area contributed by atoms with E-state index in [9.17, 15) is 10.2 Å². The fourth-order valence-corrected chi connectivity index (χ4v) is 5.22. The quantitative estimate of drug-likeness (QED) is 0.804. The summed E-state index contributed by atoms with van der Waals surface area (Å²) in [4.78, 5) is 0. The first-order valence-electron chi connectivity index (χ1n) is 7.56. The van der Waals surface area contributed by atoms with Crippen molar-refractivity contribution in [3.8, 4) is 17.4 Å². The van der Waals surface area contributed by atoms with Crippen molar-refractivity contribution in [3.63, 3.8) is 0 Å². The molecule has 2 aromatic rings. The maximum Gasteiger partial charge on any atom is 0.202 e. The monoisotopic (exact) mass is 345 g/mol. The van der Waals surface area contributed by atoms with Crippen LogP contribution in [0.5, 0.6) is 11.8 Å². The van der Waals surface area contributed by atoms with Crippen LogP contribution in [-0.4, -0.2) is 14.8 Å². The molecule has 2 N–H and O–H groups in total. The van der Waals surface area contributed by atoms with Crippen molar-refractivity contribution in [2.75, 3.05) is 0 Å². The summed E-state index contributed by atoms with van der Waals surface area (Å²) in [6, 6.07) is 7.67. The Kier molecular flexibility index (Phi) is 2.12. The minimum absolute atomic E-state index is 0.253. The molecule has 0 aliphatic heterocycles. The minimum Gasteiger partial charge on any atom is -0.494 e. The minimum atomic E-state index is 0.253. The van der Waals surface area contributed by atoms with Gasteiger partial charge in [-0.05, 0) is 67.2 Å². The van der Waals surface area contributed by atoms with Crippen molar-refractivity contribution >= 4 is 15.9 Å². The molecular weight excluding hydrogens is 330 g/mol. The molecule has 2 saturated carbocycles. The molecule has 0 amide bonds. The van der Waals surface area contributed by atoms with Gasteiger partial charge in [0, 0.05) is 15.6 Å². The van der Waals surface area contributed by atoms with Crippen molar-refractivity contribution in [1.82, 2.24) is 4.57 Å². The summed E-state index contributed by atoms with van der Waals surface area (Å²) in [7, 11) is 0. The van der Waals surface area contributed by atoms with Gasteiger partial charge >= 0.3 is 0 Å². The Hall–Kier alpha value is -1.42. The van der Waals surface area contributed by atoms with Crippen LogP contribution in [0.25, 0.3) is 5.69 Å². The summed E-state index contributed by atoms with van der Waals surface area (Å²) < 4.78 is 2.60. The molecule has 1 aromatic carbocycles. The van der Waals surface area contributed by atoms with Crippen molar-refractivity contribution in [2.45, 2.75) is 37.5 Å². The number of hydrogen-bond donors (Lipinski definition) is 2. The largest absolute Gasteiger partial charge is 0.494 e. The van der Waals surface area contributed by atoms with Crippen LogP contribution in [-0.2, 0) is 0 Å². The summed E-state index contributed by atoms with van der Waals surface area (Å²) in [6.07, 6.45) is 4.84. The Morgan fingerprint density at radius 2 is 1.48 bits per heavy atom. The zero-order valence-corrected chi connectivity index (χ0v) is 13.1. The Morgan fingerprint density at radius 1 is 0.952 bits per heavy atom. The summed E-state index contributed by atoms with van der Waals surface area (Å²) in [6.45, 7) is 0. The fourth-order valence-electron chi connectivity index (χ4n) is 4.96. The SMILES string of the molecule is Oc1c2c(c(O)n1-c1ccc(Br)cc1)[C@@H]1CC[C@H]2C12CC2. The topological polar surface area (TPSA) is 45.4 Å². The van der Waals surface area contributed by atoms with Gasteiger partial charge in [0.15, 0.2) is 0 Å². The molecule has 3 aliphatic carbocycles. The predicted molar refractivity (Wildman–Crippen MR) is 83.2 cm³/mol. The first-order valence-corrected chi connectivity index (χ1v) is 8.35. The Morgan fingerprint density at radius 3 is 1.95 bits per heavy atom. The van der Waals surface area contributed by atoms with Crippen molar-refractivity contribution in [3.05, 3.63) is 39.9 Å². The van der Waals surface area contributed by atoms with Gasteiger partial charge in [-0.2, -0.15) is 0 Å². The molecule has 108 valence electrons. The van der Waals surface area contributed by atoms with Crippen LogP contribution in [0.1, 0.15) is 48.6 Å². The summed E-state index contributed by atoms with van der Waals surface area (Å²) in [5.74, 6) is 1.42. The average molecular weight is 346 g/mol. The highest BCUT2D eigenvalue weighted by Gasteiger charge is 2.66. The molecule has 2 bridgehead atoms. The maximum atomic E-state index is 10.7. The molecular formula is C17H16BrNO2. The van der Waals surface area contributed by atoms with Crippen LogP contribution in [0.3, 0.4) is 0 Å². The smallest absolute Gasteiger partial charge is 0.202 e. The van der Waals surface area contributed by atoms with E-state index in [1.807, 2.05) is 24.3 Å². The molecule has 1 aromatic heterocycles. The highest BCUT2D eigenvalue weighted by atomic mass is 79.9. The van der Waals surface area contributed by atoms with Gasteiger partial charge in [0.05, 0.1) is 5.69 Å². The van der Waals surface area contributed by atoms with E-state index in [4.69, 9.17) is 0 Å². The molecule has 3 aliphatic rings. The molecule has 0 radical (unpaired) electrons. The van der Waals surface area contributed by atoms with E-state index in [-0.39, 0.29) is 11.8 Å². The van der Waals surface area contributed by atoms with E-state index in [2.05, 4.69) is 15.9 Å².